The van der Waals surface area contributed by atoms with Crippen LogP contribution in [0.1, 0.15) is 11.1 Å². The van der Waals surface area contributed by atoms with Crippen LogP contribution in [0.5, 0.6) is 5.75 Å². The van der Waals surface area contributed by atoms with E-state index in [0.717, 1.165) is 16.9 Å². The van der Waals surface area contributed by atoms with Gasteiger partial charge < -0.3 is 4.74 Å². The lowest BCUT2D eigenvalue weighted by Crippen LogP contribution is -1.86. The van der Waals surface area contributed by atoms with E-state index in [2.05, 4.69) is 4.85 Å². The third-order valence-corrected chi connectivity index (χ3v) is 2.00. The Hall–Kier alpha value is -2.26. The number of nitriles is 1. The molecule has 74 valence electrons. The number of benzene rings is 1. The minimum absolute atomic E-state index is 0.0864. The Morgan fingerprint density at radius 1 is 1.60 bits per heavy atom. The van der Waals surface area contributed by atoms with Crippen molar-refractivity contribution in [3.63, 3.8) is 0 Å². The Morgan fingerprint density at radius 3 is 2.80 bits per heavy atom. The summed E-state index contributed by atoms with van der Waals surface area (Å²) in [5, 5.41) is 8.62. The predicted molar refractivity (Wildman–Crippen MR) is 57.9 cm³/mol. The van der Waals surface area contributed by atoms with E-state index in [1.54, 1.807) is 19.3 Å². The van der Waals surface area contributed by atoms with Gasteiger partial charge in [0, 0.05) is 0 Å². The number of ether oxygens (including phenoxy) is 1. The van der Waals surface area contributed by atoms with Crippen LogP contribution < -0.4 is 4.74 Å². The number of hydrogen-bond acceptors (Lipinski definition) is 2. The lowest BCUT2D eigenvalue weighted by atomic mass is 10.1. The van der Waals surface area contributed by atoms with Crippen molar-refractivity contribution in [2.75, 3.05) is 7.11 Å². The van der Waals surface area contributed by atoms with E-state index in [9.17, 15) is 0 Å². The molecule has 0 N–H and O–H groups in total. The molecular formula is C12H10N2O. The highest BCUT2D eigenvalue weighted by molar-refractivity contribution is 5.62. The molecule has 0 amide bonds. The van der Waals surface area contributed by atoms with Crippen LogP contribution in [0.4, 0.5) is 0 Å². The molecule has 0 aliphatic carbocycles. The highest BCUT2D eigenvalue weighted by Gasteiger charge is 1.99. The first kappa shape index (κ1) is 10.8. The Labute approximate surface area is 89.0 Å². The van der Waals surface area contributed by atoms with E-state index < -0.39 is 0 Å². The van der Waals surface area contributed by atoms with E-state index in [1.165, 1.54) is 0 Å². The van der Waals surface area contributed by atoms with Crippen molar-refractivity contribution < 1.29 is 4.74 Å². The normalized spacial score (nSPS) is 10.3. The predicted octanol–water partition coefficient (Wildman–Crippen LogP) is 2.79. The summed E-state index contributed by atoms with van der Waals surface area (Å²) in [5.74, 6) is 0.769. The molecule has 0 heterocycles. The fraction of sp³-hybridized carbons (Fsp3) is 0.167. The van der Waals surface area contributed by atoms with E-state index >= 15 is 0 Å². The maximum absolute atomic E-state index is 8.62. The van der Waals surface area contributed by atoms with Gasteiger partial charge >= 0.3 is 0 Å². The Kier molecular flexibility index (Phi) is 3.49. The van der Waals surface area contributed by atoms with E-state index in [4.69, 9.17) is 16.6 Å². The minimum atomic E-state index is 0.0864. The summed E-state index contributed by atoms with van der Waals surface area (Å²) in [5.41, 5.74) is 1.93. The Morgan fingerprint density at radius 2 is 2.33 bits per heavy atom. The van der Waals surface area contributed by atoms with Gasteiger partial charge in [-0.1, -0.05) is 6.07 Å². The molecule has 1 aromatic rings. The molecule has 0 aliphatic rings. The molecular weight excluding hydrogens is 188 g/mol. The number of hydrogen-bond donors (Lipinski definition) is 0. The van der Waals surface area contributed by atoms with Gasteiger partial charge in [-0.05, 0) is 36.3 Å². The maximum Gasteiger partial charge on any atom is 0.262 e. The molecule has 0 radical (unpaired) electrons. The van der Waals surface area contributed by atoms with Gasteiger partial charge in [0.25, 0.3) is 5.70 Å². The van der Waals surface area contributed by atoms with Crippen molar-refractivity contribution in [3.05, 3.63) is 46.4 Å². The molecule has 0 unspecified atom stereocenters. The van der Waals surface area contributed by atoms with E-state index in [0.29, 0.717) is 0 Å². The molecule has 1 rings (SSSR count). The fourth-order valence-corrected chi connectivity index (χ4v) is 1.17. The van der Waals surface area contributed by atoms with Crippen LogP contribution in [0.2, 0.25) is 0 Å². The third-order valence-electron chi connectivity index (χ3n) is 2.00. The second-order valence-electron chi connectivity index (χ2n) is 2.98. The maximum atomic E-state index is 8.62. The first-order valence-electron chi connectivity index (χ1n) is 4.35. The van der Waals surface area contributed by atoms with Gasteiger partial charge in [-0.15, -0.1) is 0 Å². The zero-order valence-electron chi connectivity index (χ0n) is 8.61. The summed E-state index contributed by atoms with van der Waals surface area (Å²) >= 11 is 0. The smallest absolute Gasteiger partial charge is 0.262 e. The SMILES string of the molecule is [C-]#[N+]/C(C#N)=C\c1ccc(OC)cc1C. The standard InChI is InChI=1S/C12H10N2O/c1-9-6-12(15-3)5-4-10(9)7-11(8-13)14-2/h4-7H,1,3H3/b11-7-. The zero-order chi connectivity index (χ0) is 11.3. The third kappa shape index (κ3) is 2.59. The van der Waals surface area contributed by atoms with Crippen molar-refractivity contribution in [2.45, 2.75) is 6.92 Å². The van der Waals surface area contributed by atoms with E-state index in [-0.39, 0.29) is 5.70 Å². The summed E-state index contributed by atoms with van der Waals surface area (Å²) in [7, 11) is 1.60. The van der Waals surface area contributed by atoms with Gasteiger partial charge in [0.15, 0.2) is 0 Å². The molecule has 3 heteroatoms. The van der Waals surface area contributed by atoms with Crippen LogP contribution in [0.3, 0.4) is 0 Å². The minimum Gasteiger partial charge on any atom is -0.497 e. The number of aryl methyl sites for hydroxylation is 1. The van der Waals surface area contributed by atoms with Crippen LogP contribution in [-0.4, -0.2) is 7.11 Å². The van der Waals surface area contributed by atoms with Gasteiger partial charge in [0.2, 0.25) is 0 Å². The van der Waals surface area contributed by atoms with Gasteiger partial charge in [0.1, 0.15) is 5.75 Å². The summed E-state index contributed by atoms with van der Waals surface area (Å²) in [6.45, 7) is 8.68. The van der Waals surface area contributed by atoms with E-state index in [1.807, 2.05) is 25.1 Å². The number of allylic oxidation sites excluding steroid dienone is 1. The first-order valence-corrected chi connectivity index (χ1v) is 4.35. The number of rotatable bonds is 2. The van der Waals surface area contributed by atoms with Crippen LogP contribution >= 0.6 is 0 Å². The number of methoxy groups -OCH3 is 1. The monoisotopic (exact) mass is 198 g/mol. The Balaban J connectivity index is 3.14. The van der Waals surface area contributed by atoms with Crippen LogP contribution in [0.15, 0.2) is 23.9 Å². The van der Waals surface area contributed by atoms with Crippen molar-refractivity contribution in [2.24, 2.45) is 0 Å². The van der Waals surface area contributed by atoms with Crippen LogP contribution in [0, 0.1) is 24.8 Å². The van der Waals surface area contributed by atoms with Gasteiger partial charge in [-0.3, -0.25) is 0 Å². The highest BCUT2D eigenvalue weighted by Crippen LogP contribution is 2.19. The van der Waals surface area contributed by atoms with Crippen molar-refractivity contribution >= 4 is 6.08 Å². The molecule has 1 aromatic carbocycles. The van der Waals surface area contributed by atoms with Crippen LogP contribution in [0.25, 0.3) is 10.9 Å². The first-order chi connectivity index (χ1) is 7.21. The molecule has 0 fully saturated rings. The summed E-state index contributed by atoms with van der Waals surface area (Å²) < 4.78 is 5.06. The zero-order valence-corrected chi connectivity index (χ0v) is 8.61. The lowest BCUT2D eigenvalue weighted by molar-refractivity contribution is 0.414. The van der Waals surface area contributed by atoms with Crippen molar-refractivity contribution in [1.29, 1.82) is 5.26 Å². The second-order valence-corrected chi connectivity index (χ2v) is 2.98. The molecule has 0 aromatic heterocycles. The average Bonchev–Trinajstić information content (AvgIpc) is 2.27. The largest absolute Gasteiger partial charge is 0.497 e. The molecule has 0 bridgehead atoms. The van der Waals surface area contributed by atoms with Gasteiger partial charge in [-0.2, -0.15) is 0 Å². The van der Waals surface area contributed by atoms with Crippen LogP contribution in [-0.2, 0) is 0 Å². The van der Waals surface area contributed by atoms with Gasteiger partial charge in [0.05, 0.1) is 19.8 Å². The summed E-state index contributed by atoms with van der Waals surface area (Å²) in [4.78, 5) is 3.10. The molecule has 0 spiro atoms. The Bertz CT molecular complexity index is 459. The summed E-state index contributed by atoms with van der Waals surface area (Å²) in [6.07, 6.45) is 1.57. The van der Waals surface area contributed by atoms with Crippen molar-refractivity contribution in [1.82, 2.24) is 0 Å². The molecule has 3 nitrogen and oxygen atoms in total. The molecule has 15 heavy (non-hydrogen) atoms. The average molecular weight is 198 g/mol. The molecule has 0 aliphatic heterocycles. The topological polar surface area (TPSA) is 37.4 Å². The van der Waals surface area contributed by atoms with Crippen molar-refractivity contribution in [3.8, 4) is 11.8 Å². The summed E-state index contributed by atoms with van der Waals surface area (Å²) in [6, 6.07) is 7.33. The highest BCUT2D eigenvalue weighted by atomic mass is 16.5. The quantitative estimate of drug-likeness (QED) is 0.541. The second kappa shape index (κ2) is 4.83. The fourth-order valence-electron chi connectivity index (χ4n) is 1.17. The number of nitrogens with zero attached hydrogens (tertiary/aromatic N) is 2. The molecule has 0 saturated heterocycles. The molecule has 0 saturated carbocycles. The molecule has 0 atom stereocenters. The van der Waals surface area contributed by atoms with Gasteiger partial charge in [-0.25, -0.2) is 10.1 Å². The lowest BCUT2D eigenvalue weighted by Gasteiger charge is -2.03.